The first-order valence-electron chi connectivity index (χ1n) is 7.61. The molecule has 2 atom stereocenters. The van der Waals surface area contributed by atoms with Gasteiger partial charge >= 0.3 is 6.61 Å². The molecule has 2 saturated heterocycles. The lowest BCUT2D eigenvalue weighted by molar-refractivity contribution is -0.0505. The summed E-state index contributed by atoms with van der Waals surface area (Å²) in [5.74, 6) is 0.274. The Balaban J connectivity index is 1.58. The van der Waals surface area contributed by atoms with Gasteiger partial charge in [-0.2, -0.15) is 8.78 Å². The summed E-state index contributed by atoms with van der Waals surface area (Å²) in [4.78, 5) is 2.49. The van der Waals surface area contributed by atoms with Gasteiger partial charge in [-0.05, 0) is 38.8 Å². The summed E-state index contributed by atoms with van der Waals surface area (Å²) in [7, 11) is 2.21. The molecule has 2 fully saturated rings. The summed E-state index contributed by atoms with van der Waals surface area (Å²) in [6.07, 6.45) is 4.85. The van der Waals surface area contributed by atoms with E-state index in [0.717, 1.165) is 18.4 Å². The predicted octanol–water partition coefficient (Wildman–Crippen LogP) is 3.00. The van der Waals surface area contributed by atoms with Crippen LogP contribution in [0.4, 0.5) is 8.78 Å². The molecule has 2 unspecified atom stereocenters. The first-order valence-corrected chi connectivity index (χ1v) is 7.61. The average molecular weight is 296 g/mol. The Morgan fingerprint density at radius 3 is 2.57 bits per heavy atom. The van der Waals surface area contributed by atoms with Gasteiger partial charge in [0.05, 0.1) is 0 Å². The molecular formula is C16H22F2N2O. The van der Waals surface area contributed by atoms with Crippen molar-refractivity contribution in [2.45, 2.75) is 57.0 Å². The zero-order chi connectivity index (χ0) is 14.8. The van der Waals surface area contributed by atoms with E-state index in [0.29, 0.717) is 24.7 Å². The number of hydrogen-bond donors (Lipinski definition) is 1. The minimum atomic E-state index is -2.77. The number of halogens is 2. The number of benzene rings is 1. The van der Waals surface area contributed by atoms with E-state index in [-0.39, 0.29) is 5.75 Å². The normalized spacial score (nSPS) is 29.0. The summed E-state index contributed by atoms with van der Waals surface area (Å²) in [5.41, 5.74) is 0.795. The first kappa shape index (κ1) is 14.7. The highest BCUT2D eigenvalue weighted by Gasteiger charge is 2.38. The Labute approximate surface area is 124 Å². The van der Waals surface area contributed by atoms with Crippen LogP contribution in [0.15, 0.2) is 24.3 Å². The molecule has 21 heavy (non-hydrogen) atoms. The number of alkyl halides is 2. The van der Waals surface area contributed by atoms with E-state index >= 15 is 0 Å². The van der Waals surface area contributed by atoms with Crippen molar-refractivity contribution in [3.63, 3.8) is 0 Å². The van der Waals surface area contributed by atoms with E-state index < -0.39 is 6.61 Å². The first-order chi connectivity index (χ1) is 10.1. The van der Waals surface area contributed by atoms with E-state index in [1.165, 1.54) is 12.8 Å². The third-order valence-electron chi connectivity index (χ3n) is 4.87. The van der Waals surface area contributed by atoms with Crippen LogP contribution in [0.3, 0.4) is 0 Å². The quantitative estimate of drug-likeness (QED) is 0.904. The molecule has 0 radical (unpaired) electrons. The van der Waals surface area contributed by atoms with Gasteiger partial charge in [0.15, 0.2) is 0 Å². The Morgan fingerprint density at radius 1 is 1.24 bits per heavy atom. The molecular weight excluding hydrogens is 274 g/mol. The highest BCUT2D eigenvalue weighted by Crippen LogP contribution is 2.34. The summed E-state index contributed by atoms with van der Waals surface area (Å²) in [5, 5.41) is 3.52. The van der Waals surface area contributed by atoms with E-state index in [9.17, 15) is 8.78 Å². The van der Waals surface area contributed by atoms with Crippen molar-refractivity contribution in [1.82, 2.24) is 10.2 Å². The van der Waals surface area contributed by atoms with Crippen LogP contribution in [0, 0.1) is 0 Å². The van der Waals surface area contributed by atoms with Crippen LogP contribution in [0.2, 0.25) is 0 Å². The van der Waals surface area contributed by atoms with E-state index in [1.54, 1.807) is 12.1 Å². The highest BCUT2D eigenvalue weighted by molar-refractivity contribution is 5.33. The van der Waals surface area contributed by atoms with Crippen LogP contribution in [0.25, 0.3) is 0 Å². The largest absolute Gasteiger partial charge is 0.434 e. The molecule has 1 aromatic rings. The number of piperidine rings is 1. The fraction of sp³-hybridized carbons (Fsp3) is 0.625. The molecule has 0 saturated carbocycles. The lowest BCUT2D eigenvalue weighted by Gasteiger charge is -2.36. The predicted molar refractivity (Wildman–Crippen MR) is 77.5 cm³/mol. The number of nitrogens with zero attached hydrogens (tertiary/aromatic N) is 1. The molecule has 2 aliphatic rings. The van der Waals surface area contributed by atoms with Crippen LogP contribution < -0.4 is 10.1 Å². The number of nitrogens with one attached hydrogen (secondary N) is 1. The Hall–Kier alpha value is -1.20. The number of hydrogen-bond acceptors (Lipinski definition) is 3. The fourth-order valence-electron chi connectivity index (χ4n) is 3.69. The second-order valence-electron chi connectivity index (χ2n) is 6.09. The van der Waals surface area contributed by atoms with E-state index in [1.807, 2.05) is 12.1 Å². The van der Waals surface area contributed by atoms with Gasteiger partial charge < -0.3 is 15.0 Å². The van der Waals surface area contributed by atoms with Crippen molar-refractivity contribution >= 4 is 0 Å². The monoisotopic (exact) mass is 296 g/mol. The maximum Gasteiger partial charge on any atom is 0.387 e. The van der Waals surface area contributed by atoms with Crippen molar-refractivity contribution in [2.24, 2.45) is 0 Å². The molecule has 0 spiro atoms. The third-order valence-corrected chi connectivity index (χ3v) is 4.87. The Morgan fingerprint density at radius 2 is 1.90 bits per heavy atom. The van der Waals surface area contributed by atoms with E-state index in [2.05, 4.69) is 22.0 Å². The van der Waals surface area contributed by atoms with Gasteiger partial charge in [0.25, 0.3) is 0 Å². The van der Waals surface area contributed by atoms with Crippen molar-refractivity contribution in [3.05, 3.63) is 29.8 Å². The van der Waals surface area contributed by atoms with Crippen molar-refractivity contribution in [1.29, 1.82) is 0 Å². The van der Waals surface area contributed by atoms with Gasteiger partial charge in [0.1, 0.15) is 5.75 Å². The molecule has 0 amide bonds. The standard InChI is InChI=1S/C16H22F2N2O/c1-20-13-6-7-14(20)9-12(8-13)19-10-11-4-2-3-5-15(11)21-16(17)18/h2-5,12-14,16,19H,6-10H2,1H3. The van der Waals surface area contributed by atoms with Crippen molar-refractivity contribution in [3.8, 4) is 5.75 Å². The molecule has 2 heterocycles. The zero-order valence-corrected chi connectivity index (χ0v) is 12.3. The van der Waals surface area contributed by atoms with Gasteiger partial charge in [-0.25, -0.2) is 0 Å². The lowest BCUT2D eigenvalue weighted by atomic mass is 9.98. The van der Waals surface area contributed by atoms with Crippen LogP contribution in [0.5, 0.6) is 5.75 Å². The summed E-state index contributed by atoms with van der Waals surface area (Å²) >= 11 is 0. The summed E-state index contributed by atoms with van der Waals surface area (Å²) in [6.45, 7) is -2.19. The Kier molecular flexibility index (Phi) is 4.40. The number of rotatable bonds is 5. The summed E-state index contributed by atoms with van der Waals surface area (Å²) < 4.78 is 29.4. The van der Waals surface area contributed by atoms with Crippen LogP contribution in [-0.4, -0.2) is 36.7 Å². The van der Waals surface area contributed by atoms with Gasteiger partial charge in [-0.15, -0.1) is 0 Å². The molecule has 1 aromatic carbocycles. The van der Waals surface area contributed by atoms with E-state index in [4.69, 9.17) is 0 Å². The molecule has 0 aromatic heterocycles. The SMILES string of the molecule is CN1C2CCC1CC(NCc1ccccc1OC(F)F)C2. The third kappa shape index (κ3) is 3.35. The number of ether oxygens (including phenoxy) is 1. The minimum absolute atomic E-state index is 0.274. The topological polar surface area (TPSA) is 24.5 Å². The molecule has 5 heteroatoms. The number of fused-ring (bicyclic) bond motifs is 2. The molecule has 0 aliphatic carbocycles. The van der Waals surface area contributed by atoms with Crippen LogP contribution >= 0.6 is 0 Å². The maximum absolute atomic E-state index is 12.4. The van der Waals surface area contributed by atoms with Gasteiger partial charge in [0.2, 0.25) is 0 Å². The molecule has 1 N–H and O–H groups in total. The van der Waals surface area contributed by atoms with Crippen LogP contribution in [-0.2, 0) is 6.54 Å². The van der Waals surface area contributed by atoms with Gasteiger partial charge in [-0.1, -0.05) is 18.2 Å². The molecule has 3 rings (SSSR count). The van der Waals surface area contributed by atoms with Gasteiger partial charge in [0, 0.05) is 30.2 Å². The molecule has 116 valence electrons. The smallest absolute Gasteiger partial charge is 0.387 e. The molecule has 3 nitrogen and oxygen atoms in total. The minimum Gasteiger partial charge on any atom is -0.434 e. The molecule has 2 bridgehead atoms. The second-order valence-corrected chi connectivity index (χ2v) is 6.09. The van der Waals surface area contributed by atoms with Crippen molar-refractivity contribution < 1.29 is 13.5 Å². The maximum atomic E-state index is 12.4. The fourth-order valence-corrected chi connectivity index (χ4v) is 3.69. The lowest BCUT2D eigenvalue weighted by Crippen LogP contribution is -2.47. The second kappa shape index (κ2) is 6.28. The average Bonchev–Trinajstić information content (AvgIpc) is 2.68. The Bertz CT molecular complexity index is 469. The molecule has 2 aliphatic heterocycles. The van der Waals surface area contributed by atoms with Gasteiger partial charge in [-0.3, -0.25) is 0 Å². The van der Waals surface area contributed by atoms with Crippen molar-refractivity contribution in [2.75, 3.05) is 7.05 Å². The highest BCUT2D eigenvalue weighted by atomic mass is 19.3. The summed E-state index contributed by atoms with van der Waals surface area (Å²) in [6, 6.07) is 8.83. The number of para-hydroxylation sites is 1. The zero-order valence-electron chi connectivity index (χ0n) is 12.3. The van der Waals surface area contributed by atoms with Crippen LogP contribution in [0.1, 0.15) is 31.2 Å².